The van der Waals surface area contributed by atoms with Crippen LogP contribution in [0.15, 0.2) is 30.3 Å². The minimum absolute atomic E-state index is 0.161. The Balaban J connectivity index is 2.44. The normalized spacial score (nSPS) is 10.3. The molecule has 110 valence electrons. The molecule has 4 nitrogen and oxygen atoms in total. The molecule has 0 bridgehead atoms. The number of hydrogen-bond donors (Lipinski definition) is 1. The Hall–Kier alpha value is -2.14. The molecule has 1 N–H and O–H groups in total. The maximum absolute atomic E-state index is 13.7. The topological polar surface area (TPSA) is 51.2 Å². The molecular formula is C15H14ClFN2O2. The first-order chi connectivity index (χ1) is 10.0. The maximum Gasteiger partial charge on any atom is 0.341 e. The number of nitrogens with zero attached hydrogens (tertiary/aromatic N) is 1. The first-order valence-corrected chi connectivity index (χ1v) is 6.76. The molecule has 1 aromatic heterocycles. The van der Waals surface area contributed by atoms with Gasteiger partial charge in [0.25, 0.3) is 0 Å². The number of carbonyl (C=O) groups excluding carboxylic acids is 1. The molecular weight excluding hydrogens is 295 g/mol. The molecule has 0 atom stereocenters. The van der Waals surface area contributed by atoms with Gasteiger partial charge in [-0.15, -0.1) is 0 Å². The minimum atomic E-state index is -0.538. The third-order valence-electron chi connectivity index (χ3n) is 2.77. The monoisotopic (exact) mass is 308 g/mol. The number of hydrogen-bond acceptors (Lipinski definition) is 4. The van der Waals surface area contributed by atoms with Gasteiger partial charge in [0, 0.05) is 0 Å². The Morgan fingerprint density at radius 1 is 1.43 bits per heavy atom. The van der Waals surface area contributed by atoms with Crippen molar-refractivity contribution in [2.24, 2.45) is 0 Å². The van der Waals surface area contributed by atoms with Gasteiger partial charge in [-0.05, 0) is 37.6 Å². The molecule has 21 heavy (non-hydrogen) atoms. The Kier molecular flexibility index (Phi) is 4.75. The lowest BCUT2D eigenvalue weighted by molar-refractivity contribution is 0.0527. The van der Waals surface area contributed by atoms with Gasteiger partial charge in [0.2, 0.25) is 0 Å². The predicted molar refractivity (Wildman–Crippen MR) is 79.6 cm³/mol. The number of benzene rings is 1. The first-order valence-electron chi connectivity index (χ1n) is 6.38. The van der Waals surface area contributed by atoms with Crippen LogP contribution in [0.3, 0.4) is 0 Å². The van der Waals surface area contributed by atoms with Crippen LogP contribution < -0.4 is 5.32 Å². The second-order valence-corrected chi connectivity index (χ2v) is 4.68. The molecule has 1 aromatic carbocycles. The summed E-state index contributed by atoms with van der Waals surface area (Å²) >= 11 is 5.98. The van der Waals surface area contributed by atoms with Crippen LogP contribution in [0.1, 0.15) is 22.8 Å². The second-order valence-electron chi connectivity index (χ2n) is 4.32. The van der Waals surface area contributed by atoms with Crippen LogP contribution in [0.25, 0.3) is 0 Å². The van der Waals surface area contributed by atoms with Crippen molar-refractivity contribution in [2.45, 2.75) is 13.8 Å². The lowest BCUT2D eigenvalue weighted by atomic mass is 10.2. The van der Waals surface area contributed by atoms with Crippen molar-refractivity contribution in [3.05, 3.63) is 52.4 Å². The summed E-state index contributed by atoms with van der Waals surface area (Å²) in [5.41, 5.74) is 1.05. The van der Waals surface area contributed by atoms with Crippen LogP contribution in [0.5, 0.6) is 0 Å². The van der Waals surface area contributed by atoms with E-state index in [1.807, 2.05) is 0 Å². The van der Waals surface area contributed by atoms with Crippen molar-refractivity contribution in [1.29, 1.82) is 0 Å². The van der Waals surface area contributed by atoms with Crippen molar-refractivity contribution in [3.63, 3.8) is 0 Å². The van der Waals surface area contributed by atoms with Crippen LogP contribution in [0.4, 0.5) is 15.9 Å². The van der Waals surface area contributed by atoms with E-state index in [2.05, 4.69) is 10.3 Å². The second kappa shape index (κ2) is 6.54. The highest BCUT2D eigenvalue weighted by Crippen LogP contribution is 2.26. The van der Waals surface area contributed by atoms with Crippen molar-refractivity contribution in [3.8, 4) is 0 Å². The van der Waals surface area contributed by atoms with Crippen LogP contribution in [-0.4, -0.2) is 17.6 Å². The highest BCUT2D eigenvalue weighted by molar-refractivity contribution is 6.30. The van der Waals surface area contributed by atoms with Gasteiger partial charge in [-0.25, -0.2) is 14.2 Å². The summed E-state index contributed by atoms with van der Waals surface area (Å²) in [4.78, 5) is 16.1. The van der Waals surface area contributed by atoms with Crippen molar-refractivity contribution in [1.82, 2.24) is 4.98 Å². The molecule has 0 fully saturated rings. The molecule has 0 saturated carbocycles. The van der Waals surface area contributed by atoms with Crippen LogP contribution in [0.2, 0.25) is 5.15 Å². The summed E-state index contributed by atoms with van der Waals surface area (Å²) in [6.07, 6.45) is 0. The summed E-state index contributed by atoms with van der Waals surface area (Å²) in [5.74, 6) is -0.830. The highest BCUT2D eigenvalue weighted by Gasteiger charge is 2.17. The van der Waals surface area contributed by atoms with E-state index >= 15 is 0 Å². The van der Waals surface area contributed by atoms with Crippen molar-refractivity contribution < 1.29 is 13.9 Å². The van der Waals surface area contributed by atoms with Crippen molar-refractivity contribution in [2.75, 3.05) is 11.9 Å². The van der Waals surface area contributed by atoms with Gasteiger partial charge in [0.15, 0.2) is 0 Å². The predicted octanol–water partition coefficient (Wildman–Crippen LogP) is 4.10. The van der Waals surface area contributed by atoms with E-state index in [4.69, 9.17) is 16.3 Å². The molecule has 0 radical (unpaired) electrons. The van der Waals surface area contributed by atoms with Gasteiger partial charge in [-0.3, -0.25) is 0 Å². The Bertz CT molecular complexity index is 677. The van der Waals surface area contributed by atoms with E-state index in [0.717, 1.165) is 0 Å². The molecule has 0 aliphatic carbocycles. The van der Waals surface area contributed by atoms with Gasteiger partial charge >= 0.3 is 5.97 Å². The summed E-state index contributed by atoms with van der Waals surface area (Å²) < 4.78 is 18.7. The molecule has 1 heterocycles. The number of aromatic nitrogens is 1. The molecule has 2 aromatic rings. The lowest BCUT2D eigenvalue weighted by Crippen LogP contribution is -2.10. The largest absolute Gasteiger partial charge is 0.462 e. The minimum Gasteiger partial charge on any atom is -0.462 e. The molecule has 0 spiro atoms. The van der Waals surface area contributed by atoms with E-state index in [1.54, 1.807) is 38.1 Å². The first kappa shape index (κ1) is 15.3. The van der Waals surface area contributed by atoms with E-state index in [0.29, 0.717) is 5.56 Å². The van der Waals surface area contributed by atoms with Gasteiger partial charge in [0.05, 0.1) is 12.3 Å². The van der Waals surface area contributed by atoms with E-state index in [9.17, 15) is 9.18 Å². The average molecular weight is 309 g/mol. The Morgan fingerprint density at radius 3 is 2.81 bits per heavy atom. The van der Waals surface area contributed by atoms with Crippen LogP contribution in [-0.2, 0) is 4.74 Å². The quantitative estimate of drug-likeness (QED) is 0.682. The zero-order valence-corrected chi connectivity index (χ0v) is 12.4. The zero-order valence-electron chi connectivity index (χ0n) is 11.6. The summed E-state index contributed by atoms with van der Waals surface area (Å²) in [7, 11) is 0. The number of esters is 1. The number of anilines is 2. The lowest BCUT2D eigenvalue weighted by Gasteiger charge is -2.12. The fraction of sp³-hybridized carbons (Fsp3) is 0.200. The van der Waals surface area contributed by atoms with E-state index in [-0.39, 0.29) is 28.8 Å². The highest BCUT2D eigenvalue weighted by atomic mass is 35.5. The van der Waals surface area contributed by atoms with Gasteiger partial charge in [-0.1, -0.05) is 23.7 Å². The molecule has 2 rings (SSSR count). The fourth-order valence-electron chi connectivity index (χ4n) is 1.74. The zero-order chi connectivity index (χ0) is 15.4. The third kappa shape index (κ3) is 3.49. The summed E-state index contributed by atoms with van der Waals surface area (Å²) in [6.45, 7) is 3.67. The number of para-hydroxylation sites is 1. The number of aryl methyl sites for hydroxylation is 1. The number of rotatable bonds is 4. The van der Waals surface area contributed by atoms with Gasteiger partial charge < -0.3 is 10.1 Å². The van der Waals surface area contributed by atoms with Gasteiger partial charge in [-0.2, -0.15) is 0 Å². The molecule has 0 saturated heterocycles. The van der Waals surface area contributed by atoms with Crippen LogP contribution in [0, 0.1) is 12.7 Å². The van der Waals surface area contributed by atoms with Crippen molar-refractivity contribution >= 4 is 29.1 Å². The molecule has 0 aliphatic heterocycles. The summed E-state index contributed by atoms with van der Waals surface area (Å²) in [6, 6.07) is 7.66. The number of halogens is 2. The fourth-order valence-corrected chi connectivity index (χ4v) is 1.88. The van der Waals surface area contributed by atoms with Gasteiger partial charge in [0.1, 0.15) is 22.4 Å². The summed E-state index contributed by atoms with van der Waals surface area (Å²) in [5, 5.41) is 3.01. The Labute approximate surface area is 126 Å². The number of carbonyl (C=O) groups is 1. The maximum atomic E-state index is 13.7. The number of pyridine rings is 1. The average Bonchev–Trinajstić information content (AvgIpc) is 2.45. The number of nitrogens with one attached hydrogen (secondary N) is 1. The molecule has 0 aliphatic rings. The smallest absolute Gasteiger partial charge is 0.341 e. The SMILES string of the molecule is CCOC(=O)c1cc(C)c(Cl)nc1Nc1ccccc1F. The molecule has 6 heteroatoms. The standard InChI is InChI=1S/C15H14ClFN2O2/c1-3-21-15(20)10-8-9(2)13(16)19-14(10)18-12-7-5-4-6-11(12)17/h4-8H,3H2,1-2H3,(H,18,19). The van der Waals surface area contributed by atoms with Crippen LogP contribution >= 0.6 is 11.6 Å². The molecule has 0 amide bonds. The Morgan fingerprint density at radius 2 is 2.14 bits per heavy atom. The van der Waals surface area contributed by atoms with E-state index < -0.39 is 11.8 Å². The van der Waals surface area contributed by atoms with E-state index in [1.165, 1.54) is 6.07 Å². The third-order valence-corrected chi connectivity index (χ3v) is 3.16. The number of ether oxygens (including phenoxy) is 1. The molecule has 0 unspecified atom stereocenters.